The number of halogens is 3. The predicted octanol–water partition coefficient (Wildman–Crippen LogP) is 3.27. The van der Waals surface area contributed by atoms with E-state index in [0.717, 1.165) is 16.6 Å². The number of hydrogen-bond donors (Lipinski definition) is 2. The first-order chi connectivity index (χ1) is 9.38. The molecule has 0 aliphatic rings. The molecular formula is C13H10BrF2N3O. The molecule has 0 saturated carbocycles. The fourth-order valence-electron chi connectivity index (χ4n) is 1.57. The number of aryl methyl sites for hydroxylation is 1. The summed E-state index contributed by atoms with van der Waals surface area (Å²) in [6.45, 7) is 1.74. The Labute approximate surface area is 122 Å². The number of nitrogens with zero attached hydrogens (tertiary/aromatic N) is 1. The molecule has 1 aromatic heterocycles. The number of carbonyl (C=O) groups is 1. The molecule has 1 heterocycles. The number of pyridine rings is 1. The van der Waals surface area contributed by atoms with Crippen molar-refractivity contribution in [3.8, 4) is 0 Å². The largest absolute Gasteiger partial charge is 0.396 e. The first-order valence-corrected chi connectivity index (χ1v) is 6.37. The Morgan fingerprint density at radius 3 is 2.70 bits per heavy atom. The number of carbonyl (C=O) groups excluding carboxylic acids is 1. The summed E-state index contributed by atoms with van der Waals surface area (Å²) >= 11 is 3.27. The average Bonchev–Trinajstić information content (AvgIpc) is 2.38. The van der Waals surface area contributed by atoms with Gasteiger partial charge in [-0.05, 0) is 47.1 Å². The van der Waals surface area contributed by atoms with Crippen LogP contribution < -0.4 is 11.1 Å². The molecule has 1 aromatic carbocycles. The monoisotopic (exact) mass is 341 g/mol. The minimum absolute atomic E-state index is 0.234. The number of rotatable bonds is 2. The summed E-state index contributed by atoms with van der Waals surface area (Å²) in [5.74, 6) is -2.33. The standard InChI is InChI=1S/C13H10BrF2N3O/c1-6-9(14)2-3-11(18-6)19-13(20)8-4-7(15)5-10(17)12(8)16/h2-5H,17H2,1H3,(H,18,19,20). The van der Waals surface area contributed by atoms with Crippen molar-refractivity contribution < 1.29 is 13.6 Å². The third-order valence-electron chi connectivity index (χ3n) is 2.57. The van der Waals surface area contributed by atoms with Crippen molar-refractivity contribution in [3.05, 3.63) is 51.6 Å². The number of nitrogens with two attached hydrogens (primary N) is 1. The molecule has 0 aliphatic heterocycles. The SMILES string of the molecule is Cc1nc(NC(=O)c2cc(F)cc(N)c2F)ccc1Br. The molecule has 0 aliphatic carbocycles. The fourth-order valence-corrected chi connectivity index (χ4v) is 1.79. The lowest BCUT2D eigenvalue weighted by Crippen LogP contribution is -2.16. The maximum atomic E-state index is 13.7. The molecule has 0 bridgehead atoms. The Morgan fingerprint density at radius 2 is 2.05 bits per heavy atom. The zero-order chi connectivity index (χ0) is 14.9. The maximum Gasteiger partial charge on any atom is 0.259 e. The highest BCUT2D eigenvalue weighted by Gasteiger charge is 2.16. The summed E-state index contributed by atoms with van der Waals surface area (Å²) in [5.41, 5.74) is 5.05. The minimum atomic E-state index is -0.960. The Morgan fingerprint density at radius 1 is 1.35 bits per heavy atom. The number of nitrogens with one attached hydrogen (secondary N) is 1. The van der Waals surface area contributed by atoms with Crippen LogP contribution in [0.2, 0.25) is 0 Å². The van der Waals surface area contributed by atoms with Gasteiger partial charge >= 0.3 is 0 Å². The van der Waals surface area contributed by atoms with E-state index in [1.165, 1.54) is 6.07 Å². The molecule has 0 saturated heterocycles. The Kier molecular flexibility index (Phi) is 3.99. The van der Waals surface area contributed by atoms with Crippen LogP contribution in [0, 0.1) is 18.6 Å². The lowest BCUT2D eigenvalue weighted by atomic mass is 10.1. The maximum absolute atomic E-state index is 13.7. The highest BCUT2D eigenvalue weighted by atomic mass is 79.9. The van der Waals surface area contributed by atoms with Gasteiger partial charge in [0.2, 0.25) is 0 Å². The van der Waals surface area contributed by atoms with Crippen molar-refractivity contribution in [1.82, 2.24) is 4.98 Å². The van der Waals surface area contributed by atoms with E-state index < -0.39 is 28.8 Å². The Balaban J connectivity index is 2.30. The lowest BCUT2D eigenvalue weighted by Gasteiger charge is -2.08. The van der Waals surface area contributed by atoms with E-state index in [1.807, 2.05) is 0 Å². The van der Waals surface area contributed by atoms with Crippen LogP contribution in [0.3, 0.4) is 0 Å². The second-order valence-electron chi connectivity index (χ2n) is 4.07. The third kappa shape index (κ3) is 2.93. The van der Waals surface area contributed by atoms with Gasteiger partial charge in [0.15, 0.2) is 5.82 Å². The van der Waals surface area contributed by atoms with Gasteiger partial charge in [-0.1, -0.05) is 0 Å². The first kappa shape index (κ1) is 14.4. The van der Waals surface area contributed by atoms with Gasteiger partial charge in [0.1, 0.15) is 11.6 Å². The molecule has 0 spiro atoms. The van der Waals surface area contributed by atoms with Gasteiger partial charge in [-0.2, -0.15) is 0 Å². The van der Waals surface area contributed by atoms with Crippen LogP contribution in [0.1, 0.15) is 16.1 Å². The number of benzene rings is 1. The van der Waals surface area contributed by atoms with E-state index >= 15 is 0 Å². The van der Waals surface area contributed by atoms with Crippen LogP contribution in [-0.4, -0.2) is 10.9 Å². The summed E-state index contributed by atoms with van der Waals surface area (Å²) in [4.78, 5) is 16.0. The molecular weight excluding hydrogens is 332 g/mol. The Bertz CT molecular complexity index is 692. The zero-order valence-electron chi connectivity index (χ0n) is 10.4. The van der Waals surface area contributed by atoms with Gasteiger partial charge in [0.05, 0.1) is 16.9 Å². The molecule has 0 fully saturated rings. The fraction of sp³-hybridized carbons (Fsp3) is 0.0769. The van der Waals surface area contributed by atoms with Crippen LogP contribution in [0.15, 0.2) is 28.7 Å². The van der Waals surface area contributed by atoms with Crippen LogP contribution in [-0.2, 0) is 0 Å². The topological polar surface area (TPSA) is 68.0 Å². The van der Waals surface area contributed by atoms with Crippen molar-refractivity contribution in [3.63, 3.8) is 0 Å². The number of aromatic nitrogens is 1. The number of nitrogen functional groups attached to an aromatic ring is 1. The predicted molar refractivity (Wildman–Crippen MR) is 75.4 cm³/mol. The van der Waals surface area contributed by atoms with Gasteiger partial charge in [-0.3, -0.25) is 4.79 Å². The molecule has 1 amide bonds. The van der Waals surface area contributed by atoms with Crippen molar-refractivity contribution in [2.24, 2.45) is 0 Å². The zero-order valence-corrected chi connectivity index (χ0v) is 12.0. The third-order valence-corrected chi connectivity index (χ3v) is 3.41. The summed E-state index contributed by atoms with van der Waals surface area (Å²) in [6.07, 6.45) is 0. The van der Waals surface area contributed by atoms with Gasteiger partial charge < -0.3 is 11.1 Å². The van der Waals surface area contributed by atoms with E-state index in [4.69, 9.17) is 5.73 Å². The normalized spacial score (nSPS) is 10.4. The summed E-state index contributed by atoms with van der Waals surface area (Å²) in [7, 11) is 0. The molecule has 2 rings (SSSR count). The van der Waals surface area contributed by atoms with Gasteiger partial charge in [0.25, 0.3) is 5.91 Å². The van der Waals surface area contributed by atoms with Crippen LogP contribution in [0.25, 0.3) is 0 Å². The minimum Gasteiger partial charge on any atom is -0.396 e. The molecule has 104 valence electrons. The van der Waals surface area contributed by atoms with Crippen LogP contribution in [0.5, 0.6) is 0 Å². The molecule has 0 radical (unpaired) electrons. The number of anilines is 2. The quantitative estimate of drug-likeness (QED) is 0.823. The summed E-state index contributed by atoms with van der Waals surface area (Å²) < 4.78 is 27.6. The van der Waals surface area contributed by atoms with Crippen LogP contribution in [0.4, 0.5) is 20.3 Å². The highest BCUT2D eigenvalue weighted by Crippen LogP contribution is 2.20. The molecule has 7 heteroatoms. The second-order valence-corrected chi connectivity index (χ2v) is 4.93. The molecule has 0 atom stereocenters. The first-order valence-electron chi connectivity index (χ1n) is 5.57. The highest BCUT2D eigenvalue weighted by molar-refractivity contribution is 9.10. The summed E-state index contributed by atoms with van der Waals surface area (Å²) in [5, 5.41) is 2.39. The number of hydrogen-bond acceptors (Lipinski definition) is 3. The van der Waals surface area contributed by atoms with Crippen molar-refractivity contribution in [1.29, 1.82) is 0 Å². The molecule has 2 aromatic rings. The van der Waals surface area contributed by atoms with Gasteiger partial charge in [-0.15, -0.1) is 0 Å². The van der Waals surface area contributed by atoms with Crippen molar-refractivity contribution in [2.45, 2.75) is 6.92 Å². The lowest BCUT2D eigenvalue weighted by molar-refractivity contribution is 0.102. The molecule has 20 heavy (non-hydrogen) atoms. The average molecular weight is 342 g/mol. The molecule has 3 N–H and O–H groups in total. The van der Waals surface area contributed by atoms with E-state index in [9.17, 15) is 13.6 Å². The molecule has 4 nitrogen and oxygen atoms in total. The van der Waals surface area contributed by atoms with E-state index in [1.54, 1.807) is 13.0 Å². The van der Waals surface area contributed by atoms with E-state index in [0.29, 0.717) is 5.69 Å². The van der Waals surface area contributed by atoms with E-state index in [-0.39, 0.29) is 5.82 Å². The van der Waals surface area contributed by atoms with Crippen LogP contribution >= 0.6 is 15.9 Å². The van der Waals surface area contributed by atoms with Gasteiger partial charge in [0, 0.05) is 4.47 Å². The van der Waals surface area contributed by atoms with Crippen molar-refractivity contribution >= 4 is 33.3 Å². The second kappa shape index (κ2) is 5.54. The number of amides is 1. The van der Waals surface area contributed by atoms with Crippen molar-refractivity contribution in [2.75, 3.05) is 11.1 Å². The van der Waals surface area contributed by atoms with Gasteiger partial charge in [-0.25, -0.2) is 13.8 Å². The van der Waals surface area contributed by atoms with E-state index in [2.05, 4.69) is 26.2 Å². The Hall–Kier alpha value is -2.02. The smallest absolute Gasteiger partial charge is 0.259 e. The molecule has 0 unspecified atom stereocenters. The summed E-state index contributed by atoms with van der Waals surface area (Å²) in [6, 6.07) is 4.82.